The van der Waals surface area contributed by atoms with Crippen LogP contribution < -0.4 is 29.8 Å². The minimum Gasteiger partial charge on any atom is -0.495 e. The minimum atomic E-state index is -4.44. The van der Waals surface area contributed by atoms with Crippen molar-refractivity contribution in [2.45, 2.75) is 36.1 Å². The quantitative estimate of drug-likeness (QED) is 0.292. The van der Waals surface area contributed by atoms with Gasteiger partial charge >= 0.3 is 0 Å². The predicted molar refractivity (Wildman–Crippen MR) is 148 cm³/mol. The maximum atomic E-state index is 13.4. The summed E-state index contributed by atoms with van der Waals surface area (Å²) in [5.74, 6) is -1.04. The number of hydrazone groups is 1. The highest BCUT2D eigenvalue weighted by atomic mass is 35.5. The molecular weight excluding hydrogens is 629 g/mol. The number of rotatable bonds is 11. The summed E-state index contributed by atoms with van der Waals surface area (Å²) in [7, 11) is -3.21. The van der Waals surface area contributed by atoms with Crippen molar-refractivity contribution >= 4 is 50.5 Å². The Kier molecular flexibility index (Phi) is 8.97. The number of allylic oxidation sites excluding steroid dienone is 1. The maximum Gasteiger partial charge on any atom is 0.284 e. The lowest BCUT2D eigenvalue weighted by molar-refractivity contribution is -0.124. The molecule has 0 aromatic heterocycles. The van der Waals surface area contributed by atoms with Crippen LogP contribution in [0.15, 0.2) is 65.0 Å². The molecule has 10 nitrogen and oxygen atoms in total. The molecular formula is C25H23Cl2F4N5O5S. The van der Waals surface area contributed by atoms with Crippen LogP contribution in [0.1, 0.15) is 12.8 Å². The van der Waals surface area contributed by atoms with Crippen LogP contribution in [0.5, 0.6) is 17.2 Å². The number of carbonyl (C=O) groups excluding carboxylic acids is 1. The van der Waals surface area contributed by atoms with Gasteiger partial charge in [0.1, 0.15) is 27.8 Å². The van der Waals surface area contributed by atoms with Crippen molar-refractivity contribution in [3.63, 3.8) is 0 Å². The van der Waals surface area contributed by atoms with E-state index in [1.165, 1.54) is 31.4 Å². The molecule has 4 rings (SSSR count). The average molecular weight is 652 g/mol. The fraction of sp³-hybridized carbons (Fsp3) is 0.280. The molecule has 17 heteroatoms. The highest BCUT2D eigenvalue weighted by molar-refractivity contribution is 7.89. The fourth-order valence-electron chi connectivity index (χ4n) is 3.87. The van der Waals surface area contributed by atoms with Crippen molar-refractivity contribution in [3.8, 4) is 17.2 Å². The lowest BCUT2D eigenvalue weighted by Gasteiger charge is -2.29. The van der Waals surface area contributed by atoms with E-state index in [-0.39, 0.29) is 57.3 Å². The Hall–Kier alpha value is -3.53. The second-order valence-corrected chi connectivity index (χ2v) is 11.6. The fourth-order valence-corrected chi connectivity index (χ4v) is 6.04. The number of nitrogens with zero attached hydrogens (tertiary/aromatic N) is 2. The molecule has 2 aromatic carbocycles. The van der Waals surface area contributed by atoms with Crippen LogP contribution in [-0.4, -0.2) is 52.1 Å². The van der Waals surface area contributed by atoms with Gasteiger partial charge in [0, 0.05) is 6.07 Å². The number of alkyl halides is 4. The summed E-state index contributed by atoms with van der Waals surface area (Å²) in [6.45, 7) is 6.29. The topological polar surface area (TPSA) is 121 Å². The molecule has 0 atom stereocenters. The second-order valence-electron chi connectivity index (χ2n) is 9.09. The van der Waals surface area contributed by atoms with Crippen LogP contribution in [0.2, 0.25) is 10.0 Å². The van der Waals surface area contributed by atoms with Gasteiger partial charge in [-0.3, -0.25) is 4.79 Å². The molecule has 0 unspecified atom stereocenters. The number of ether oxygens (including phenoxy) is 2. The van der Waals surface area contributed by atoms with Crippen LogP contribution >= 0.6 is 23.2 Å². The van der Waals surface area contributed by atoms with E-state index in [0.29, 0.717) is 0 Å². The van der Waals surface area contributed by atoms with Gasteiger partial charge in [0.05, 0.1) is 35.1 Å². The summed E-state index contributed by atoms with van der Waals surface area (Å²) in [6.07, 6.45) is -5.52. The van der Waals surface area contributed by atoms with Crippen molar-refractivity contribution in [1.82, 2.24) is 15.4 Å². The van der Waals surface area contributed by atoms with Crippen molar-refractivity contribution in [2.24, 2.45) is 5.10 Å². The van der Waals surface area contributed by atoms with Gasteiger partial charge in [-0.2, -0.15) is 9.82 Å². The SMILES string of the molecule is C=C1NC(=C)N(c2cc(Cl)c(Oc3ccc(OC)c(S(=O)(=O)NC4(C(=O)NCC(F)F)CC4)c3)c(Cl)c2)N=C1C(F)F. The zero-order chi connectivity index (χ0) is 31.0. The summed E-state index contributed by atoms with van der Waals surface area (Å²) >= 11 is 12.8. The Morgan fingerprint density at radius 3 is 2.36 bits per heavy atom. The first kappa shape index (κ1) is 31.4. The first-order chi connectivity index (χ1) is 19.7. The van der Waals surface area contributed by atoms with E-state index in [4.69, 9.17) is 32.7 Å². The number of anilines is 1. The number of nitrogens with one attached hydrogen (secondary N) is 3. The minimum absolute atomic E-state index is 0.0573. The second kappa shape index (κ2) is 12.0. The molecule has 0 spiro atoms. The molecule has 0 bridgehead atoms. The van der Waals surface area contributed by atoms with E-state index in [1.54, 1.807) is 0 Å². The number of halogens is 6. The van der Waals surface area contributed by atoms with Crippen molar-refractivity contribution < 1.29 is 40.2 Å². The monoisotopic (exact) mass is 651 g/mol. The smallest absolute Gasteiger partial charge is 0.284 e. The summed E-state index contributed by atoms with van der Waals surface area (Å²) < 4.78 is 91.5. The van der Waals surface area contributed by atoms with E-state index in [1.807, 2.05) is 5.32 Å². The number of carbonyl (C=O) groups is 1. The molecule has 226 valence electrons. The molecule has 1 amide bonds. The van der Waals surface area contributed by atoms with Crippen LogP contribution in [0, 0.1) is 0 Å². The Labute approximate surface area is 248 Å². The molecule has 2 aliphatic rings. The van der Waals surface area contributed by atoms with Gasteiger partial charge < -0.3 is 20.1 Å². The molecule has 0 saturated heterocycles. The summed E-state index contributed by atoms with van der Waals surface area (Å²) in [5, 5.41) is 9.35. The average Bonchev–Trinajstić information content (AvgIpc) is 3.68. The lowest BCUT2D eigenvalue weighted by Crippen LogP contribution is -2.49. The number of hydrogen-bond donors (Lipinski definition) is 3. The van der Waals surface area contributed by atoms with E-state index >= 15 is 0 Å². The normalized spacial score (nSPS) is 16.3. The molecule has 1 saturated carbocycles. The Balaban J connectivity index is 1.61. The summed E-state index contributed by atoms with van der Waals surface area (Å²) in [4.78, 5) is 12.0. The Bertz CT molecular complexity index is 1560. The highest BCUT2D eigenvalue weighted by Gasteiger charge is 2.53. The molecule has 1 heterocycles. The van der Waals surface area contributed by atoms with E-state index < -0.39 is 51.5 Å². The third kappa shape index (κ3) is 6.59. The highest BCUT2D eigenvalue weighted by Crippen LogP contribution is 2.43. The van der Waals surface area contributed by atoms with E-state index in [0.717, 1.165) is 11.1 Å². The summed E-state index contributed by atoms with van der Waals surface area (Å²) in [6, 6.07) is 6.37. The Morgan fingerprint density at radius 2 is 1.81 bits per heavy atom. The van der Waals surface area contributed by atoms with Gasteiger partial charge in [0.25, 0.3) is 12.9 Å². The van der Waals surface area contributed by atoms with E-state index in [2.05, 4.69) is 28.3 Å². The molecule has 0 radical (unpaired) electrons. The molecule has 1 aliphatic carbocycles. The summed E-state index contributed by atoms with van der Waals surface area (Å²) in [5.41, 5.74) is -2.16. The molecule has 1 fully saturated rings. The van der Waals surface area contributed by atoms with Crippen molar-refractivity contribution in [1.29, 1.82) is 0 Å². The maximum absolute atomic E-state index is 13.4. The van der Waals surface area contributed by atoms with Gasteiger partial charge in [0.2, 0.25) is 15.9 Å². The van der Waals surface area contributed by atoms with Crippen LogP contribution in [0.4, 0.5) is 23.2 Å². The molecule has 3 N–H and O–H groups in total. The van der Waals surface area contributed by atoms with Gasteiger partial charge in [0.15, 0.2) is 11.5 Å². The zero-order valence-corrected chi connectivity index (χ0v) is 24.0. The van der Waals surface area contributed by atoms with Gasteiger partial charge in [-0.05, 0) is 37.1 Å². The molecule has 1 aliphatic heterocycles. The third-order valence-electron chi connectivity index (χ3n) is 6.08. The number of amides is 1. The first-order valence-corrected chi connectivity index (χ1v) is 14.2. The lowest BCUT2D eigenvalue weighted by atomic mass is 10.2. The predicted octanol–water partition coefficient (Wildman–Crippen LogP) is 5.00. The molecule has 42 heavy (non-hydrogen) atoms. The standard InChI is InChI=1S/C25H23Cl2F4N5O5S/c1-12-21(23(30)31)34-36(13(2)33-12)14-8-16(26)22(17(27)9-14)41-15-4-5-18(40-3)19(10-15)42(38,39)35-25(6-7-25)24(37)32-11-20(28)29/h4-5,8-10,20,23,33,35H,1-2,6-7,11H2,3H3,(H,32,37). The van der Waals surface area contributed by atoms with Crippen LogP contribution in [0.3, 0.4) is 0 Å². The van der Waals surface area contributed by atoms with Crippen LogP contribution in [0.25, 0.3) is 0 Å². The van der Waals surface area contributed by atoms with Crippen molar-refractivity contribution in [3.05, 3.63) is 65.1 Å². The van der Waals surface area contributed by atoms with Gasteiger partial charge in [-0.15, -0.1) is 0 Å². The van der Waals surface area contributed by atoms with E-state index in [9.17, 15) is 30.8 Å². The van der Waals surface area contributed by atoms with Crippen LogP contribution in [-0.2, 0) is 14.8 Å². The van der Waals surface area contributed by atoms with Gasteiger partial charge in [-0.1, -0.05) is 36.4 Å². The zero-order valence-electron chi connectivity index (χ0n) is 21.7. The third-order valence-corrected chi connectivity index (χ3v) is 8.20. The number of hydrogen-bond acceptors (Lipinski definition) is 8. The number of benzene rings is 2. The van der Waals surface area contributed by atoms with Crippen molar-refractivity contribution in [2.75, 3.05) is 18.7 Å². The van der Waals surface area contributed by atoms with Gasteiger partial charge in [-0.25, -0.2) is 31.0 Å². The Morgan fingerprint density at radius 1 is 1.17 bits per heavy atom. The first-order valence-electron chi connectivity index (χ1n) is 11.9. The number of methoxy groups -OCH3 is 1. The molecule has 2 aromatic rings. The number of sulfonamides is 1. The largest absolute Gasteiger partial charge is 0.495 e.